The van der Waals surface area contributed by atoms with E-state index in [0.29, 0.717) is 15.6 Å². The molecule has 8 heteroatoms. The summed E-state index contributed by atoms with van der Waals surface area (Å²) in [5.74, 6) is -2.77. The summed E-state index contributed by atoms with van der Waals surface area (Å²) in [7, 11) is 0. The van der Waals surface area contributed by atoms with Crippen LogP contribution in [0, 0.1) is 5.82 Å². The number of nitrogens with one attached hydrogen (secondary N) is 2. The number of amides is 2. The summed E-state index contributed by atoms with van der Waals surface area (Å²) in [6, 6.07) is 10.3. The van der Waals surface area contributed by atoms with Gasteiger partial charge in [0.05, 0.1) is 21.9 Å². The first-order valence-electron chi connectivity index (χ1n) is 6.32. The zero-order valence-electron chi connectivity index (χ0n) is 11.5. The van der Waals surface area contributed by atoms with E-state index in [9.17, 15) is 14.0 Å². The normalized spacial score (nSPS) is 10.6. The van der Waals surface area contributed by atoms with Crippen molar-refractivity contribution in [2.45, 2.75) is 0 Å². The first-order chi connectivity index (χ1) is 11.0. The molecule has 2 amide bonds. The Kier molecular flexibility index (Phi) is 5.67. The van der Waals surface area contributed by atoms with E-state index in [0.717, 1.165) is 6.07 Å². The SMILES string of the molecule is O=C(N/N=C/c1c(Cl)cccc1Cl)C(=O)Nc1ccccc1F. The van der Waals surface area contributed by atoms with Gasteiger partial charge < -0.3 is 5.32 Å². The predicted molar refractivity (Wildman–Crippen MR) is 87.2 cm³/mol. The van der Waals surface area contributed by atoms with Crippen molar-refractivity contribution in [2.24, 2.45) is 5.10 Å². The topological polar surface area (TPSA) is 70.6 Å². The fourth-order valence-electron chi connectivity index (χ4n) is 1.58. The molecule has 118 valence electrons. The predicted octanol–water partition coefficient (Wildman–Crippen LogP) is 3.22. The molecular formula is C15H10Cl2FN3O2. The maximum Gasteiger partial charge on any atom is 0.329 e. The highest BCUT2D eigenvalue weighted by molar-refractivity contribution is 6.40. The molecule has 2 aromatic rings. The van der Waals surface area contributed by atoms with Crippen molar-refractivity contribution in [3.8, 4) is 0 Å². The van der Waals surface area contributed by atoms with Gasteiger partial charge in [0, 0.05) is 5.56 Å². The van der Waals surface area contributed by atoms with Crippen LogP contribution in [0.4, 0.5) is 10.1 Å². The molecule has 0 saturated carbocycles. The van der Waals surface area contributed by atoms with Crippen molar-refractivity contribution >= 4 is 46.9 Å². The van der Waals surface area contributed by atoms with Crippen LogP contribution >= 0.6 is 23.2 Å². The zero-order chi connectivity index (χ0) is 16.8. The molecule has 0 spiro atoms. The number of carbonyl (C=O) groups is 2. The van der Waals surface area contributed by atoms with E-state index in [1.165, 1.54) is 24.4 Å². The Bertz CT molecular complexity index is 761. The van der Waals surface area contributed by atoms with Gasteiger partial charge in [0.1, 0.15) is 5.82 Å². The Hall–Kier alpha value is -2.44. The lowest BCUT2D eigenvalue weighted by molar-refractivity contribution is -0.136. The zero-order valence-corrected chi connectivity index (χ0v) is 13.0. The summed E-state index contributed by atoms with van der Waals surface area (Å²) in [5, 5.41) is 6.41. The van der Waals surface area contributed by atoms with Crippen LogP contribution in [0.2, 0.25) is 10.0 Å². The van der Waals surface area contributed by atoms with Gasteiger partial charge >= 0.3 is 11.8 Å². The lowest BCUT2D eigenvalue weighted by atomic mass is 10.2. The quantitative estimate of drug-likeness (QED) is 0.505. The minimum Gasteiger partial charge on any atom is -0.315 e. The van der Waals surface area contributed by atoms with E-state index in [4.69, 9.17) is 23.2 Å². The van der Waals surface area contributed by atoms with E-state index in [2.05, 4.69) is 10.4 Å². The fourth-order valence-corrected chi connectivity index (χ4v) is 2.08. The molecule has 0 aliphatic rings. The maximum atomic E-state index is 13.4. The van der Waals surface area contributed by atoms with Gasteiger partial charge in [-0.3, -0.25) is 9.59 Å². The van der Waals surface area contributed by atoms with Crippen LogP contribution < -0.4 is 10.7 Å². The molecule has 0 unspecified atom stereocenters. The molecular weight excluding hydrogens is 344 g/mol. The van der Waals surface area contributed by atoms with Gasteiger partial charge in [0.15, 0.2) is 0 Å². The van der Waals surface area contributed by atoms with Crippen LogP contribution in [0.5, 0.6) is 0 Å². The number of nitrogens with zero attached hydrogens (tertiary/aromatic N) is 1. The summed E-state index contributed by atoms with van der Waals surface area (Å²) in [6.45, 7) is 0. The second-order valence-corrected chi connectivity index (χ2v) is 5.08. The molecule has 5 nitrogen and oxygen atoms in total. The average molecular weight is 354 g/mol. The van der Waals surface area contributed by atoms with Crippen LogP contribution in [0.3, 0.4) is 0 Å². The summed E-state index contributed by atoms with van der Waals surface area (Å²) < 4.78 is 13.4. The molecule has 0 atom stereocenters. The Labute approximate surface area is 141 Å². The van der Waals surface area contributed by atoms with E-state index in [1.54, 1.807) is 18.2 Å². The molecule has 0 fully saturated rings. The third-order valence-electron chi connectivity index (χ3n) is 2.69. The molecule has 0 aliphatic carbocycles. The molecule has 0 bridgehead atoms. The lowest BCUT2D eigenvalue weighted by Crippen LogP contribution is -2.32. The first kappa shape index (κ1) is 16.9. The second-order valence-electron chi connectivity index (χ2n) is 4.27. The Balaban J connectivity index is 1.98. The number of hydrazone groups is 1. The summed E-state index contributed by atoms with van der Waals surface area (Å²) in [4.78, 5) is 23.2. The third kappa shape index (κ3) is 4.51. The number of halogens is 3. The number of anilines is 1. The molecule has 0 aromatic heterocycles. The second kappa shape index (κ2) is 7.71. The first-order valence-corrected chi connectivity index (χ1v) is 7.07. The van der Waals surface area contributed by atoms with Crippen molar-refractivity contribution in [3.05, 3.63) is 63.9 Å². The summed E-state index contributed by atoms with van der Waals surface area (Å²) >= 11 is 11.8. The fraction of sp³-hybridized carbons (Fsp3) is 0. The smallest absolute Gasteiger partial charge is 0.315 e. The third-order valence-corrected chi connectivity index (χ3v) is 3.35. The largest absolute Gasteiger partial charge is 0.329 e. The van der Waals surface area contributed by atoms with Crippen molar-refractivity contribution in [1.82, 2.24) is 5.43 Å². The number of para-hydroxylation sites is 1. The minimum absolute atomic E-state index is 0.106. The van der Waals surface area contributed by atoms with Crippen LogP contribution in [0.25, 0.3) is 0 Å². The Morgan fingerprint density at radius 2 is 1.65 bits per heavy atom. The Morgan fingerprint density at radius 3 is 2.30 bits per heavy atom. The van der Waals surface area contributed by atoms with Gasteiger partial charge in [0.25, 0.3) is 0 Å². The number of carbonyl (C=O) groups excluding carboxylic acids is 2. The monoisotopic (exact) mass is 353 g/mol. The van der Waals surface area contributed by atoms with Crippen molar-refractivity contribution in [1.29, 1.82) is 0 Å². The number of benzene rings is 2. The van der Waals surface area contributed by atoms with Gasteiger partial charge in [-0.15, -0.1) is 0 Å². The highest BCUT2D eigenvalue weighted by Crippen LogP contribution is 2.21. The molecule has 2 aromatic carbocycles. The van der Waals surface area contributed by atoms with Crippen LogP contribution in [-0.4, -0.2) is 18.0 Å². The van der Waals surface area contributed by atoms with Crippen molar-refractivity contribution in [3.63, 3.8) is 0 Å². The average Bonchev–Trinajstić information content (AvgIpc) is 2.52. The van der Waals surface area contributed by atoms with Gasteiger partial charge in [-0.2, -0.15) is 5.10 Å². The molecule has 0 aliphatic heterocycles. The molecule has 0 radical (unpaired) electrons. The standard InChI is InChI=1S/C15H10Cl2FN3O2/c16-10-4-3-5-11(17)9(10)8-19-21-15(23)14(22)20-13-7-2-1-6-12(13)18/h1-8H,(H,20,22)(H,21,23)/b19-8+. The molecule has 2 N–H and O–H groups in total. The molecule has 0 saturated heterocycles. The van der Waals surface area contributed by atoms with E-state index < -0.39 is 17.6 Å². The Morgan fingerprint density at radius 1 is 1.00 bits per heavy atom. The van der Waals surface area contributed by atoms with E-state index in [-0.39, 0.29) is 5.69 Å². The minimum atomic E-state index is -1.06. The lowest BCUT2D eigenvalue weighted by Gasteiger charge is -2.05. The van der Waals surface area contributed by atoms with Gasteiger partial charge in [-0.25, -0.2) is 9.82 Å². The van der Waals surface area contributed by atoms with Crippen molar-refractivity contribution in [2.75, 3.05) is 5.32 Å². The van der Waals surface area contributed by atoms with Crippen LogP contribution in [-0.2, 0) is 9.59 Å². The maximum absolute atomic E-state index is 13.4. The number of hydrogen-bond donors (Lipinski definition) is 2. The summed E-state index contributed by atoms with van der Waals surface area (Å²) in [5.41, 5.74) is 2.29. The van der Waals surface area contributed by atoms with E-state index >= 15 is 0 Å². The van der Waals surface area contributed by atoms with E-state index in [1.807, 2.05) is 5.43 Å². The van der Waals surface area contributed by atoms with Crippen LogP contribution in [0.1, 0.15) is 5.56 Å². The van der Waals surface area contributed by atoms with Gasteiger partial charge in [-0.05, 0) is 24.3 Å². The molecule has 2 rings (SSSR count). The highest BCUT2D eigenvalue weighted by atomic mass is 35.5. The van der Waals surface area contributed by atoms with Gasteiger partial charge in [0.2, 0.25) is 0 Å². The van der Waals surface area contributed by atoms with Crippen LogP contribution in [0.15, 0.2) is 47.6 Å². The number of rotatable bonds is 3. The molecule has 23 heavy (non-hydrogen) atoms. The van der Waals surface area contributed by atoms with Gasteiger partial charge in [-0.1, -0.05) is 41.4 Å². The number of hydrogen-bond acceptors (Lipinski definition) is 3. The molecule has 0 heterocycles. The van der Waals surface area contributed by atoms with Crippen molar-refractivity contribution < 1.29 is 14.0 Å². The summed E-state index contributed by atoms with van der Waals surface area (Å²) in [6.07, 6.45) is 1.21. The highest BCUT2D eigenvalue weighted by Gasteiger charge is 2.14.